The first-order valence-corrected chi connectivity index (χ1v) is 15.7. The molecule has 1 aliphatic heterocycles. The minimum Gasteiger partial charge on any atom is -0.461 e. The van der Waals surface area contributed by atoms with Gasteiger partial charge in [0.1, 0.15) is 12.7 Å². The molecule has 3 atom stereocenters. The van der Waals surface area contributed by atoms with Crippen molar-refractivity contribution in [2.75, 3.05) is 12.4 Å². The van der Waals surface area contributed by atoms with E-state index >= 15 is 0 Å². The molecule has 0 aromatic heterocycles. The molecule has 45 heavy (non-hydrogen) atoms. The summed E-state index contributed by atoms with van der Waals surface area (Å²) < 4.78 is 17.7. The highest BCUT2D eigenvalue weighted by Crippen LogP contribution is 2.34. The number of fused-ring (bicyclic) bond motifs is 3. The monoisotopic (exact) mass is 612 g/mol. The second-order valence-electron chi connectivity index (χ2n) is 11.0. The molecule has 0 saturated carbocycles. The molecule has 0 spiro atoms. The predicted octanol–water partition coefficient (Wildman–Crippen LogP) is 7.87. The van der Waals surface area contributed by atoms with E-state index in [0.717, 1.165) is 32.3 Å². The molecule has 0 bridgehead atoms. The van der Waals surface area contributed by atoms with Crippen molar-refractivity contribution in [1.29, 1.82) is 0 Å². The Morgan fingerprint density at radius 1 is 0.533 bits per heavy atom. The molecule has 1 fully saturated rings. The van der Waals surface area contributed by atoms with Gasteiger partial charge in [-0.1, -0.05) is 91.0 Å². The highest BCUT2D eigenvalue weighted by molar-refractivity contribution is 8.00. The molecule has 1 aliphatic rings. The van der Waals surface area contributed by atoms with Gasteiger partial charge in [0.05, 0.1) is 21.9 Å². The van der Waals surface area contributed by atoms with E-state index in [9.17, 15) is 14.4 Å². The van der Waals surface area contributed by atoms with Crippen molar-refractivity contribution in [1.82, 2.24) is 0 Å². The van der Waals surface area contributed by atoms with E-state index in [2.05, 4.69) is 0 Å². The molecular formula is C38H28O6S. The Balaban J connectivity index is 1.10. The lowest BCUT2D eigenvalue weighted by Gasteiger charge is -2.24. The molecule has 6 aromatic carbocycles. The van der Waals surface area contributed by atoms with Crippen LogP contribution in [0.25, 0.3) is 32.3 Å². The van der Waals surface area contributed by atoms with Crippen molar-refractivity contribution in [2.45, 2.75) is 17.5 Å². The van der Waals surface area contributed by atoms with Crippen LogP contribution in [0.4, 0.5) is 0 Å². The van der Waals surface area contributed by atoms with Crippen LogP contribution in [0.5, 0.6) is 0 Å². The largest absolute Gasteiger partial charge is 0.461 e. The Labute approximate surface area is 263 Å². The third-order valence-electron chi connectivity index (χ3n) is 8.04. The minimum atomic E-state index is -0.831. The van der Waals surface area contributed by atoms with Crippen molar-refractivity contribution < 1.29 is 28.6 Å². The maximum atomic E-state index is 13.4. The maximum absolute atomic E-state index is 13.4. The van der Waals surface area contributed by atoms with Crippen LogP contribution in [0.15, 0.2) is 127 Å². The number of carbonyl (C=O) groups is 3. The second-order valence-corrected chi connectivity index (χ2v) is 12.2. The summed E-state index contributed by atoms with van der Waals surface area (Å²) in [4.78, 5) is 39.8. The topological polar surface area (TPSA) is 78.9 Å². The van der Waals surface area contributed by atoms with Crippen LogP contribution in [0, 0.1) is 0 Å². The standard InChI is InChI=1S/C38H28O6S/c39-36(30-16-13-24-7-1-4-10-27(24)19-30)42-22-34-35(44-38(41)32-18-15-26-9-3-6-12-29(26)21-32)33(23-45-34)43-37(40)31-17-14-25-8-2-5-11-28(25)20-31/h1-21,33-35H,22-23H2/t33-,34?,35-/m1/s1. The van der Waals surface area contributed by atoms with E-state index in [1.54, 1.807) is 36.4 Å². The Bertz CT molecular complexity index is 2070. The lowest BCUT2D eigenvalue weighted by atomic mass is 10.1. The van der Waals surface area contributed by atoms with Gasteiger partial charge in [0.15, 0.2) is 6.10 Å². The number of esters is 3. The molecule has 222 valence electrons. The van der Waals surface area contributed by atoms with Gasteiger partial charge >= 0.3 is 17.9 Å². The van der Waals surface area contributed by atoms with Gasteiger partial charge < -0.3 is 14.2 Å². The second kappa shape index (κ2) is 12.5. The van der Waals surface area contributed by atoms with Gasteiger partial charge in [0, 0.05) is 5.75 Å². The van der Waals surface area contributed by atoms with E-state index in [-0.39, 0.29) is 6.61 Å². The smallest absolute Gasteiger partial charge is 0.338 e. The summed E-state index contributed by atoms with van der Waals surface area (Å²) in [5.74, 6) is -1.14. The van der Waals surface area contributed by atoms with Crippen molar-refractivity contribution in [3.63, 3.8) is 0 Å². The normalized spacial score (nSPS) is 17.7. The number of hydrogen-bond donors (Lipinski definition) is 0. The van der Waals surface area contributed by atoms with Gasteiger partial charge in [-0.15, -0.1) is 11.8 Å². The summed E-state index contributed by atoms with van der Waals surface area (Å²) in [6, 6.07) is 39.5. The molecular weight excluding hydrogens is 584 g/mol. The van der Waals surface area contributed by atoms with E-state index < -0.39 is 35.4 Å². The number of benzene rings is 6. The third kappa shape index (κ3) is 6.12. The molecule has 0 radical (unpaired) electrons. The molecule has 1 unspecified atom stereocenters. The van der Waals surface area contributed by atoms with E-state index in [1.807, 2.05) is 91.0 Å². The van der Waals surface area contributed by atoms with Gasteiger partial charge in [0.2, 0.25) is 0 Å². The van der Waals surface area contributed by atoms with E-state index in [0.29, 0.717) is 22.4 Å². The first kappa shape index (κ1) is 28.6. The Morgan fingerprint density at radius 2 is 0.956 bits per heavy atom. The fourth-order valence-corrected chi connectivity index (χ4v) is 6.91. The highest BCUT2D eigenvalue weighted by Gasteiger charge is 2.43. The SMILES string of the molecule is O=C(OCC1SC[C@@H](OC(=O)c2ccc3ccccc3c2)[C@H]1OC(=O)c1ccc2ccccc2c1)c1ccc2ccccc2c1. The Morgan fingerprint density at radius 3 is 1.44 bits per heavy atom. The molecule has 1 heterocycles. The van der Waals surface area contributed by atoms with Crippen LogP contribution >= 0.6 is 11.8 Å². The number of thioether (sulfide) groups is 1. The van der Waals surface area contributed by atoms with Crippen molar-refractivity contribution >= 4 is 62.0 Å². The maximum Gasteiger partial charge on any atom is 0.338 e. The molecule has 6 nitrogen and oxygen atoms in total. The molecule has 1 saturated heterocycles. The fourth-order valence-electron chi connectivity index (χ4n) is 5.63. The quantitative estimate of drug-likeness (QED) is 0.134. The van der Waals surface area contributed by atoms with Crippen LogP contribution in [0.1, 0.15) is 31.1 Å². The van der Waals surface area contributed by atoms with Gasteiger partial charge in [-0.25, -0.2) is 14.4 Å². The van der Waals surface area contributed by atoms with Crippen LogP contribution in [-0.2, 0) is 14.2 Å². The summed E-state index contributed by atoms with van der Waals surface area (Å²) in [5.41, 5.74) is 1.22. The van der Waals surface area contributed by atoms with Crippen LogP contribution in [-0.4, -0.2) is 47.7 Å². The zero-order chi connectivity index (χ0) is 30.8. The zero-order valence-electron chi connectivity index (χ0n) is 24.1. The number of hydrogen-bond acceptors (Lipinski definition) is 7. The number of rotatable bonds is 7. The average Bonchev–Trinajstić information content (AvgIpc) is 3.46. The minimum absolute atomic E-state index is 0.0178. The lowest BCUT2D eigenvalue weighted by Crippen LogP contribution is -2.39. The Kier molecular flexibility index (Phi) is 7.92. The van der Waals surface area contributed by atoms with Gasteiger partial charge in [0.25, 0.3) is 0 Å². The van der Waals surface area contributed by atoms with Crippen LogP contribution < -0.4 is 0 Å². The first-order chi connectivity index (χ1) is 22.0. The zero-order valence-corrected chi connectivity index (χ0v) is 24.9. The van der Waals surface area contributed by atoms with Crippen molar-refractivity contribution in [2.24, 2.45) is 0 Å². The predicted molar refractivity (Wildman–Crippen MR) is 177 cm³/mol. The Hall–Kier alpha value is -5.14. The van der Waals surface area contributed by atoms with Gasteiger partial charge in [-0.3, -0.25) is 0 Å². The summed E-state index contributed by atoms with van der Waals surface area (Å²) in [6.07, 6.45) is -1.56. The molecule has 0 N–H and O–H groups in total. The van der Waals surface area contributed by atoms with E-state index in [4.69, 9.17) is 14.2 Å². The third-order valence-corrected chi connectivity index (χ3v) is 9.40. The number of ether oxygens (including phenoxy) is 3. The summed E-state index contributed by atoms with van der Waals surface area (Å²) in [5, 5.41) is 5.38. The molecule has 7 rings (SSSR count). The fraction of sp³-hybridized carbons (Fsp3) is 0.132. The van der Waals surface area contributed by atoms with Crippen LogP contribution in [0.2, 0.25) is 0 Å². The summed E-state index contributed by atoms with van der Waals surface area (Å²) in [6.45, 7) is -0.0178. The average molecular weight is 613 g/mol. The van der Waals surface area contributed by atoms with E-state index in [1.165, 1.54) is 11.8 Å². The highest BCUT2D eigenvalue weighted by atomic mass is 32.2. The van der Waals surface area contributed by atoms with Gasteiger partial charge in [-0.2, -0.15) is 0 Å². The number of carbonyl (C=O) groups excluding carboxylic acids is 3. The summed E-state index contributed by atoms with van der Waals surface area (Å²) >= 11 is 1.45. The summed E-state index contributed by atoms with van der Waals surface area (Å²) in [7, 11) is 0. The lowest BCUT2D eigenvalue weighted by molar-refractivity contribution is -0.0295. The van der Waals surface area contributed by atoms with Crippen molar-refractivity contribution in [3.8, 4) is 0 Å². The van der Waals surface area contributed by atoms with Crippen LogP contribution in [0.3, 0.4) is 0 Å². The van der Waals surface area contributed by atoms with Crippen molar-refractivity contribution in [3.05, 3.63) is 144 Å². The molecule has 7 heteroatoms. The van der Waals surface area contributed by atoms with Gasteiger partial charge in [-0.05, 0) is 68.7 Å². The molecule has 0 aliphatic carbocycles. The molecule has 6 aromatic rings. The first-order valence-electron chi connectivity index (χ1n) is 14.7. The molecule has 0 amide bonds.